The van der Waals surface area contributed by atoms with Gasteiger partial charge in [0.1, 0.15) is 16.7 Å². The van der Waals surface area contributed by atoms with E-state index >= 15 is 0 Å². The third-order valence-electron chi connectivity index (χ3n) is 10.9. The van der Waals surface area contributed by atoms with Crippen molar-refractivity contribution in [2.24, 2.45) is 11.8 Å². The van der Waals surface area contributed by atoms with Crippen LogP contribution in [-0.2, 0) is 17.9 Å². The van der Waals surface area contributed by atoms with Crippen LogP contribution in [-0.4, -0.2) is 83.9 Å². The lowest BCUT2D eigenvalue weighted by Gasteiger charge is -2.42. The third kappa shape index (κ3) is 6.74. The fourth-order valence-electron chi connectivity index (χ4n) is 8.00. The molecule has 1 aliphatic carbocycles. The van der Waals surface area contributed by atoms with E-state index in [0.29, 0.717) is 37.7 Å². The molecule has 6 heterocycles. The summed E-state index contributed by atoms with van der Waals surface area (Å²) in [5.74, 6) is 0.143. The fourth-order valence-corrected chi connectivity index (χ4v) is 8.00. The fraction of sp³-hybridized carbons (Fsp3) is 0.341. The summed E-state index contributed by atoms with van der Waals surface area (Å²) >= 11 is 0. The van der Waals surface area contributed by atoms with E-state index in [2.05, 4.69) is 88.9 Å². The lowest BCUT2D eigenvalue weighted by atomic mass is 9.78. The van der Waals surface area contributed by atoms with Gasteiger partial charge in [-0.1, -0.05) is 43.3 Å². The Balaban J connectivity index is 1.14. The Bertz CT molecular complexity index is 2200. The summed E-state index contributed by atoms with van der Waals surface area (Å²) < 4.78 is 0. The minimum Gasteiger partial charge on any atom is -0.481 e. The van der Waals surface area contributed by atoms with E-state index in [1.165, 1.54) is 16.7 Å². The van der Waals surface area contributed by atoms with Gasteiger partial charge in [-0.3, -0.25) is 24.6 Å². The molecule has 4 atom stereocenters. The largest absolute Gasteiger partial charge is 0.481 e. The Labute approximate surface area is 303 Å². The van der Waals surface area contributed by atoms with Crippen molar-refractivity contribution in [1.82, 2.24) is 29.7 Å². The normalized spacial score (nSPS) is 23.7. The van der Waals surface area contributed by atoms with Crippen LogP contribution in [0.15, 0.2) is 91.5 Å². The summed E-state index contributed by atoms with van der Waals surface area (Å²) in [6.45, 7) is 8.60. The quantitative estimate of drug-likeness (QED) is 0.131. The van der Waals surface area contributed by atoms with E-state index < -0.39 is 11.6 Å². The maximum absolute atomic E-state index is 11.5. The number of aryl methyl sites for hydroxylation is 1. The van der Waals surface area contributed by atoms with E-state index in [0.717, 1.165) is 59.0 Å². The van der Waals surface area contributed by atoms with Crippen molar-refractivity contribution in [2.45, 2.75) is 51.5 Å². The van der Waals surface area contributed by atoms with Gasteiger partial charge in [0.2, 0.25) is 0 Å². The van der Waals surface area contributed by atoms with Crippen LogP contribution in [0.2, 0.25) is 0 Å². The van der Waals surface area contributed by atoms with Crippen LogP contribution in [0.1, 0.15) is 42.0 Å². The molecule has 0 spiro atoms. The number of benzene rings is 1. The second kappa shape index (κ2) is 14.1. The first kappa shape index (κ1) is 33.9. The summed E-state index contributed by atoms with van der Waals surface area (Å²) in [6.07, 6.45) is 15.0. The third-order valence-corrected chi connectivity index (χ3v) is 10.9. The molecule has 2 aliphatic heterocycles. The van der Waals surface area contributed by atoms with Gasteiger partial charge in [0.05, 0.1) is 12.0 Å². The van der Waals surface area contributed by atoms with Crippen LogP contribution in [0.5, 0.6) is 0 Å². The number of aromatic nitrogens is 4. The Morgan fingerprint density at radius 3 is 2.06 bits per heavy atom. The van der Waals surface area contributed by atoms with Crippen molar-refractivity contribution in [3.05, 3.63) is 114 Å². The number of aliphatic carboxylic acids is 1. The number of hydrogen-bond donors (Lipinski definition) is 4. The average Bonchev–Trinajstić information content (AvgIpc) is 3.78. The van der Waals surface area contributed by atoms with E-state index in [1.807, 2.05) is 30.7 Å². The van der Waals surface area contributed by atoms with Gasteiger partial charge in [0.15, 0.2) is 11.6 Å². The molecule has 4 aromatic heterocycles. The number of fused-ring (bicyclic) bond motifs is 2. The zero-order valence-electron chi connectivity index (χ0n) is 29.5. The van der Waals surface area contributed by atoms with E-state index in [9.17, 15) is 15.0 Å². The molecule has 266 valence electrons. The van der Waals surface area contributed by atoms with E-state index in [-0.39, 0.29) is 17.9 Å². The number of aliphatic hydroxyl groups is 1. The number of allylic oxidation sites excluding steroid dienone is 2. The van der Waals surface area contributed by atoms with Crippen LogP contribution in [0.25, 0.3) is 27.4 Å². The average molecular weight is 697 g/mol. The zero-order chi connectivity index (χ0) is 35.8. The molecule has 2 unspecified atom stereocenters. The number of anilines is 2. The number of aliphatic hydroxyl groups excluding tert-OH is 1. The van der Waals surface area contributed by atoms with Crippen molar-refractivity contribution < 1.29 is 15.0 Å². The molecule has 2 saturated heterocycles. The highest BCUT2D eigenvalue weighted by molar-refractivity contribution is 5.91. The monoisotopic (exact) mass is 696 g/mol. The van der Waals surface area contributed by atoms with Crippen molar-refractivity contribution in [2.75, 3.05) is 36.8 Å². The lowest BCUT2D eigenvalue weighted by molar-refractivity contribution is -0.141. The molecule has 8 rings (SSSR count). The summed E-state index contributed by atoms with van der Waals surface area (Å²) in [5.41, 5.74) is 6.30. The van der Waals surface area contributed by atoms with Gasteiger partial charge >= 0.3 is 5.97 Å². The van der Waals surface area contributed by atoms with Gasteiger partial charge in [-0.15, -0.1) is 0 Å². The van der Waals surface area contributed by atoms with Crippen LogP contribution in [0, 0.1) is 18.8 Å². The minimum absolute atomic E-state index is 0.0924. The lowest BCUT2D eigenvalue weighted by Crippen LogP contribution is -2.51. The molecule has 3 aliphatic rings. The van der Waals surface area contributed by atoms with Gasteiger partial charge in [-0.2, -0.15) is 0 Å². The number of nitrogens with zero attached hydrogens (tertiary/aromatic N) is 6. The number of rotatable bonds is 10. The summed E-state index contributed by atoms with van der Waals surface area (Å²) in [4.78, 5) is 35.5. The first-order valence-corrected chi connectivity index (χ1v) is 18.1. The highest BCUT2D eigenvalue weighted by atomic mass is 16.4. The molecule has 0 saturated carbocycles. The number of carboxylic acid groups (broad SMARTS) is 1. The van der Waals surface area contributed by atoms with Gasteiger partial charge < -0.3 is 20.8 Å². The number of likely N-dealkylation sites (tertiary alicyclic amines) is 2. The zero-order valence-corrected chi connectivity index (χ0v) is 29.5. The number of carboxylic acids is 1. The van der Waals surface area contributed by atoms with Gasteiger partial charge in [0, 0.05) is 74.2 Å². The molecule has 0 amide bonds. The second-order valence-corrected chi connectivity index (χ2v) is 14.5. The highest BCUT2D eigenvalue weighted by Gasteiger charge is 2.40. The topological polar surface area (TPSA) is 140 Å². The summed E-state index contributed by atoms with van der Waals surface area (Å²) in [7, 11) is 0. The molecule has 1 aromatic carbocycles. The Morgan fingerprint density at radius 1 is 0.865 bits per heavy atom. The Kier molecular flexibility index (Phi) is 9.16. The standard InChI is InChI=1S/C41H44N8O3/c1-26-6-3-4-7-34(26)35-8-5-13-41(27(35)2,47-39-37-31(10-15-43-39)19-29(21-45-37)23-49-17-12-33(50)25-49)46-38-36-30(9-14-42-38)18-28(20-44-36)22-48-16-11-32(24-48)40(51)52/h3-10,13-15,18-21,27,32-33,50H,11-12,16-17,22-25H2,1-2H3,(H,42,46)(H,43,47)(H,51,52)/t27?,32-,33+,41?/m0/s1. The van der Waals surface area contributed by atoms with Crippen molar-refractivity contribution in [3.8, 4) is 0 Å². The van der Waals surface area contributed by atoms with Crippen LogP contribution in [0.3, 0.4) is 0 Å². The maximum Gasteiger partial charge on any atom is 0.307 e. The Hall–Kier alpha value is -5.23. The second-order valence-electron chi connectivity index (χ2n) is 14.5. The van der Waals surface area contributed by atoms with Crippen molar-refractivity contribution in [1.29, 1.82) is 0 Å². The van der Waals surface area contributed by atoms with Gasteiger partial charge in [-0.05, 0) is 84.5 Å². The van der Waals surface area contributed by atoms with E-state index in [1.54, 1.807) is 6.20 Å². The molecule has 5 aromatic rings. The molecular formula is C41H44N8O3. The molecule has 4 N–H and O–H groups in total. The van der Waals surface area contributed by atoms with Crippen molar-refractivity contribution in [3.63, 3.8) is 0 Å². The molecule has 2 fully saturated rings. The van der Waals surface area contributed by atoms with Crippen LogP contribution >= 0.6 is 0 Å². The summed E-state index contributed by atoms with van der Waals surface area (Å²) in [5, 5.41) is 29.0. The molecule has 52 heavy (non-hydrogen) atoms. The van der Waals surface area contributed by atoms with Gasteiger partial charge in [-0.25, -0.2) is 9.97 Å². The predicted molar refractivity (Wildman–Crippen MR) is 203 cm³/mol. The van der Waals surface area contributed by atoms with E-state index in [4.69, 9.17) is 19.9 Å². The van der Waals surface area contributed by atoms with Crippen LogP contribution in [0.4, 0.5) is 11.6 Å². The predicted octanol–water partition coefficient (Wildman–Crippen LogP) is 5.86. The number of β-amino-alcohol motifs (C(OH)–C–C–N with tert-alkyl or cyclic N) is 1. The number of nitrogens with one attached hydrogen (secondary N) is 2. The number of pyridine rings is 4. The number of carbonyl (C=O) groups is 1. The molecule has 0 radical (unpaired) electrons. The Morgan fingerprint density at radius 2 is 1.48 bits per heavy atom. The maximum atomic E-state index is 11.5. The number of hydrogen-bond acceptors (Lipinski definition) is 10. The first-order valence-electron chi connectivity index (χ1n) is 18.1. The molecule has 0 bridgehead atoms. The van der Waals surface area contributed by atoms with Crippen molar-refractivity contribution >= 4 is 45.0 Å². The molecule has 11 heteroatoms. The summed E-state index contributed by atoms with van der Waals surface area (Å²) in [6, 6.07) is 16.7. The molecular weight excluding hydrogens is 653 g/mol. The first-order chi connectivity index (χ1) is 25.2. The SMILES string of the molecule is Cc1ccccc1C1=CC=CC(Nc2nccc3cc(CN4CC[C@@H](O)C4)cnc23)(Nc2nccc3cc(CN4CC[C@H](C(=O)O)C4)cnc23)C1C. The van der Waals surface area contributed by atoms with Gasteiger partial charge in [0.25, 0.3) is 0 Å². The highest BCUT2D eigenvalue weighted by Crippen LogP contribution is 2.41. The van der Waals surface area contributed by atoms with Crippen LogP contribution < -0.4 is 10.6 Å². The smallest absolute Gasteiger partial charge is 0.307 e. The minimum atomic E-state index is -0.872. The molecule has 11 nitrogen and oxygen atoms in total.